The molecule has 1 aliphatic rings. The second-order valence-corrected chi connectivity index (χ2v) is 7.96. The van der Waals surface area contributed by atoms with Crippen molar-refractivity contribution in [3.05, 3.63) is 93.7 Å². The zero-order valence-electron chi connectivity index (χ0n) is 15.5. The third-order valence-electron chi connectivity index (χ3n) is 5.04. The number of thiophene rings is 1. The van der Waals surface area contributed by atoms with E-state index in [1.807, 2.05) is 53.4 Å². The van der Waals surface area contributed by atoms with Crippen LogP contribution in [-0.2, 0) is 24.2 Å². The SMILES string of the molecule is O=C(N[C@@H](Cc1ccccc1)C(=O)N1CCc2sccc2C1)c1ccccc1. The minimum Gasteiger partial charge on any atom is -0.340 e. The fourth-order valence-corrected chi connectivity index (χ4v) is 4.43. The summed E-state index contributed by atoms with van der Waals surface area (Å²) in [6, 6.07) is 20.4. The number of hydrogen-bond acceptors (Lipinski definition) is 3. The summed E-state index contributed by atoms with van der Waals surface area (Å²) in [7, 11) is 0. The fraction of sp³-hybridized carbons (Fsp3) is 0.217. The predicted octanol–water partition coefficient (Wildman–Crippen LogP) is 3.67. The van der Waals surface area contributed by atoms with Crippen LogP contribution in [0.15, 0.2) is 72.1 Å². The van der Waals surface area contributed by atoms with Crippen molar-refractivity contribution in [1.82, 2.24) is 10.2 Å². The maximum Gasteiger partial charge on any atom is 0.251 e. The average Bonchev–Trinajstić information content (AvgIpc) is 3.22. The molecule has 2 amide bonds. The maximum absolute atomic E-state index is 13.3. The molecule has 0 saturated heterocycles. The number of rotatable bonds is 5. The minimum absolute atomic E-state index is 0.0232. The summed E-state index contributed by atoms with van der Waals surface area (Å²) in [4.78, 5) is 29.3. The van der Waals surface area contributed by atoms with Crippen LogP contribution in [0.1, 0.15) is 26.4 Å². The van der Waals surface area contributed by atoms with Gasteiger partial charge in [-0.25, -0.2) is 0 Å². The van der Waals surface area contributed by atoms with E-state index in [9.17, 15) is 9.59 Å². The molecule has 1 aromatic heterocycles. The van der Waals surface area contributed by atoms with E-state index in [-0.39, 0.29) is 11.8 Å². The minimum atomic E-state index is -0.588. The van der Waals surface area contributed by atoms with Gasteiger partial charge in [-0.05, 0) is 41.1 Å². The molecule has 0 aliphatic carbocycles. The summed E-state index contributed by atoms with van der Waals surface area (Å²) in [5.74, 6) is -0.243. The highest BCUT2D eigenvalue weighted by atomic mass is 32.1. The van der Waals surface area contributed by atoms with Crippen LogP contribution >= 0.6 is 11.3 Å². The molecule has 1 atom stereocenters. The van der Waals surface area contributed by atoms with E-state index in [0.717, 1.165) is 12.0 Å². The monoisotopic (exact) mass is 390 g/mol. The van der Waals surface area contributed by atoms with Gasteiger partial charge in [0, 0.05) is 30.0 Å². The first-order valence-electron chi connectivity index (χ1n) is 9.44. The Morgan fingerprint density at radius 1 is 1.00 bits per heavy atom. The van der Waals surface area contributed by atoms with Gasteiger partial charge in [0.15, 0.2) is 0 Å². The number of carbonyl (C=O) groups excluding carboxylic acids is 2. The second kappa shape index (κ2) is 8.40. The molecule has 0 radical (unpaired) electrons. The Labute approximate surface area is 168 Å². The molecule has 0 bridgehead atoms. The summed E-state index contributed by atoms with van der Waals surface area (Å²) < 4.78 is 0. The van der Waals surface area contributed by atoms with Crippen LogP contribution in [0.25, 0.3) is 0 Å². The Balaban J connectivity index is 1.54. The average molecular weight is 391 g/mol. The van der Waals surface area contributed by atoms with Gasteiger partial charge in [-0.2, -0.15) is 0 Å². The molecule has 0 saturated carbocycles. The van der Waals surface area contributed by atoms with Crippen molar-refractivity contribution in [1.29, 1.82) is 0 Å². The van der Waals surface area contributed by atoms with Crippen molar-refractivity contribution in [3.8, 4) is 0 Å². The molecular formula is C23H22N2O2S. The van der Waals surface area contributed by atoms with Gasteiger partial charge in [0.05, 0.1) is 0 Å². The van der Waals surface area contributed by atoms with E-state index < -0.39 is 6.04 Å². The second-order valence-electron chi connectivity index (χ2n) is 6.96. The third kappa shape index (κ3) is 4.15. The molecule has 28 heavy (non-hydrogen) atoms. The number of amides is 2. The van der Waals surface area contributed by atoms with E-state index in [4.69, 9.17) is 0 Å². The topological polar surface area (TPSA) is 49.4 Å². The van der Waals surface area contributed by atoms with Gasteiger partial charge in [0.1, 0.15) is 6.04 Å². The van der Waals surface area contributed by atoms with Gasteiger partial charge in [-0.15, -0.1) is 11.3 Å². The van der Waals surface area contributed by atoms with Crippen molar-refractivity contribution >= 4 is 23.2 Å². The molecule has 4 rings (SSSR count). The molecule has 0 spiro atoms. The highest BCUT2D eigenvalue weighted by Gasteiger charge is 2.29. The van der Waals surface area contributed by atoms with Crippen LogP contribution in [0, 0.1) is 0 Å². The van der Waals surface area contributed by atoms with Crippen LogP contribution < -0.4 is 5.32 Å². The Kier molecular flexibility index (Phi) is 5.53. The number of nitrogens with one attached hydrogen (secondary N) is 1. The maximum atomic E-state index is 13.3. The van der Waals surface area contributed by atoms with E-state index in [0.29, 0.717) is 25.1 Å². The van der Waals surface area contributed by atoms with E-state index in [1.165, 1.54) is 10.4 Å². The highest BCUT2D eigenvalue weighted by Crippen LogP contribution is 2.24. The van der Waals surface area contributed by atoms with Crippen LogP contribution in [0.2, 0.25) is 0 Å². The fourth-order valence-electron chi connectivity index (χ4n) is 3.54. The van der Waals surface area contributed by atoms with Gasteiger partial charge in [0.2, 0.25) is 5.91 Å². The van der Waals surface area contributed by atoms with Gasteiger partial charge in [0.25, 0.3) is 5.91 Å². The molecule has 2 heterocycles. The first-order valence-corrected chi connectivity index (χ1v) is 10.3. The number of nitrogens with zero attached hydrogens (tertiary/aromatic N) is 1. The molecule has 3 aromatic rings. The lowest BCUT2D eigenvalue weighted by molar-refractivity contribution is -0.134. The molecule has 2 aromatic carbocycles. The molecule has 4 nitrogen and oxygen atoms in total. The Bertz CT molecular complexity index is 953. The molecule has 0 unspecified atom stereocenters. The molecule has 1 N–H and O–H groups in total. The molecule has 142 valence electrons. The van der Waals surface area contributed by atoms with Crippen molar-refractivity contribution < 1.29 is 9.59 Å². The lowest BCUT2D eigenvalue weighted by Crippen LogP contribution is -2.50. The first kappa shape index (κ1) is 18.4. The van der Waals surface area contributed by atoms with Crippen LogP contribution in [-0.4, -0.2) is 29.3 Å². The number of hydrogen-bond donors (Lipinski definition) is 1. The summed E-state index contributed by atoms with van der Waals surface area (Å²) in [5, 5.41) is 5.05. The number of carbonyl (C=O) groups is 2. The normalized spacial score (nSPS) is 14.2. The van der Waals surface area contributed by atoms with Gasteiger partial charge in [-0.3, -0.25) is 9.59 Å². The van der Waals surface area contributed by atoms with Crippen molar-refractivity contribution in [2.24, 2.45) is 0 Å². The van der Waals surface area contributed by atoms with Crippen molar-refractivity contribution in [2.75, 3.05) is 6.54 Å². The Hall–Kier alpha value is -2.92. The van der Waals surface area contributed by atoms with E-state index >= 15 is 0 Å². The Morgan fingerprint density at radius 3 is 2.46 bits per heavy atom. The molecule has 0 fully saturated rings. The van der Waals surface area contributed by atoms with Gasteiger partial charge in [-0.1, -0.05) is 48.5 Å². The Morgan fingerprint density at radius 2 is 1.71 bits per heavy atom. The van der Waals surface area contributed by atoms with Crippen LogP contribution in [0.5, 0.6) is 0 Å². The van der Waals surface area contributed by atoms with E-state index in [1.54, 1.807) is 23.5 Å². The first-order chi connectivity index (χ1) is 13.7. The smallest absolute Gasteiger partial charge is 0.251 e. The largest absolute Gasteiger partial charge is 0.340 e. The highest BCUT2D eigenvalue weighted by molar-refractivity contribution is 7.10. The molecule has 1 aliphatic heterocycles. The summed E-state index contributed by atoms with van der Waals surface area (Å²) in [5.41, 5.74) is 2.81. The van der Waals surface area contributed by atoms with E-state index in [2.05, 4.69) is 16.8 Å². The van der Waals surface area contributed by atoms with Crippen LogP contribution in [0.4, 0.5) is 0 Å². The van der Waals surface area contributed by atoms with Gasteiger partial charge >= 0.3 is 0 Å². The van der Waals surface area contributed by atoms with Crippen molar-refractivity contribution in [2.45, 2.75) is 25.4 Å². The standard InChI is InChI=1S/C23H22N2O2S/c26-22(18-9-5-2-6-10-18)24-20(15-17-7-3-1-4-8-17)23(27)25-13-11-21-19(16-25)12-14-28-21/h1-10,12,14,20H,11,13,15-16H2,(H,24,26)/t20-/m0/s1. The predicted molar refractivity (Wildman–Crippen MR) is 111 cm³/mol. The summed E-state index contributed by atoms with van der Waals surface area (Å²) in [6.07, 6.45) is 1.36. The lowest BCUT2D eigenvalue weighted by atomic mass is 10.0. The summed E-state index contributed by atoms with van der Waals surface area (Å²) in [6.45, 7) is 1.31. The van der Waals surface area contributed by atoms with Crippen LogP contribution in [0.3, 0.4) is 0 Å². The zero-order valence-corrected chi connectivity index (χ0v) is 16.3. The van der Waals surface area contributed by atoms with Crippen molar-refractivity contribution in [3.63, 3.8) is 0 Å². The lowest BCUT2D eigenvalue weighted by Gasteiger charge is -2.31. The van der Waals surface area contributed by atoms with Gasteiger partial charge < -0.3 is 10.2 Å². The quantitative estimate of drug-likeness (QED) is 0.723. The molecular weight excluding hydrogens is 368 g/mol. The third-order valence-corrected chi connectivity index (χ3v) is 6.06. The number of benzene rings is 2. The zero-order chi connectivity index (χ0) is 19.3. The molecule has 5 heteroatoms. The number of fused-ring (bicyclic) bond motifs is 1. The summed E-state index contributed by atoms with van der Waals surface area (Å²) >= 11 is 1.75.